The maximum Gasteiger partial charge on any atom is 0.224 e. The number of aromatic nitrogens is 4. The third kappa shape index (κ3) is 1.52. The van der Waals surface area contributed by atoms with Crippen LogP contribution in [0.5, 0.6) is 0 Å². The van der Waals surface area contributed by atoms with Gasteiger partial charge in [0.2, 0.25) is 5.28 Å². The first-order valence-corrected chi connectivity index (χ1v) is 5.89. The van der Waals surface area contributed by atoms with Crippen LogP contribution in [0.15, 0.2) is 23.4 Å². The summed E-state index contributed by atoms with van der Waals surface area (Å²) >= 11 is 7.57. The van der Waals surface area contributed by atoms with Gasteiger partial charge in [0.25, 0.3) is 0 Å². The van der Waals surface area contributed by atoms with Crippen molar-refractivity contribution in [3.8, 4) is 5.82 Å². The van der Waals surface area contributed by atoms with E-state index in [-0.39, 0.29) is 5.28 Å². The van der Waals surface area contributed by atoms with E-state index in [1.54, 1.807) is 6.20 Å². The molecule has 0 fully saturated rings. The molecule has 0 aliphatic carbocycles. The van der Waals surface area contributed by atoms with Crippen LogP contribution in [0.25, 0.3) is 5.82 Å². The number of fused-ring (bicyclic) bond motifs is 1. The van der Waals surface area contributed by atoms with Crippen molar-refractivity contribution in [3.05, 3.63) is 29.4 Å². The van der Waals surface area contributed by atoms with Crippen LogP contribution in [0, 0.1) is 0 Å². The molecule has 4 nitrogen and oxygen atoms in total. The van der Waals surface area contributed by atoms with Crippen LogP contribution in [0.3, 0.4) is 0 Å². The SMILES string of the molecule is Clc1nccc(-n2ncc3c2CCS3)n1. The summed E-state index contributed by atoms with van der Waals surface area (Å²) in [5.74, 6) is 1.85. The Hall–Kier alpha value is -1.07. The van der Waals surface area contributed by atoms with Crippen LogP contribution in [-0.2, 0) is 6.42 Å². The lowest BCUT2D eigenvalue weighted by molar-refractivity contribution is 0.786. The molecule has 0 bridgehead atoms. The van der Waals surface area contributed by atoms with Gasteiger partial charge in [-0.05, 0) is 11.6 Å². The van der Waals surface area contributed by atoms with Gasteiger partial charge in [0, 0.05) is 29.3 Å². The van der Waals surface area contributed by atoms with Crippen LogP contribution < -0.4 is 0 Å². The summed E-state index contributed by atoms with van der Waals surface area (Å²) in [7, 11) is 0. The Bertz CT molecular complexity index is 511. The topological polar surface area (TPSA) is 43.6 Å². The van der Waals surface area contributed by atoms with Crippen molar-refractivity contribution in [2.24, 2.45) is 0 Å². The lowest BCUT2D eigenvalue weighted by Gasteiger charge is -2.03. The Labute approximate surface area is 95.7 Å². The molecule has 76 valence electrons. The van der Waals surface area contributed by atoms with Gasteiger partial charge < -0.3 is 0 Å². The molecule has 2 aromatic heterocycles. The van der Waals surface area contributed by atoms with E-state index < -0.39 is 0 Å². The van der Waals surface area contributed by atoms with Crippen molar-refractivity contribution in [2.75, 3.05) is 5.75 Å². The molecule has 1 aliphatic rings. The van der Waals surface area contributed by atoms with E-state index in [1.165, 1.54) is 10.6 Å². The van der Waals surface area contributed by atoms with Crippen molar-refractivity contribution >= 4 is 23.4 Å². The molecule has 3 rings (SSSR count). The minimum absolute atomic E-state index is 0.252. The second-order valence-corrected chi connectivity index (χ2v) is 4.62. The number of hydrogen-bond donors (Lipinski definition) is 0. The third-order valence-electron chi connectivity index (χ3n) is 2.26. The molecule has 0 unspecified atom stereocenters. The highest BCUT2D eigenvalue weighted by molar-refractivity contribution is 7.99. The van der Waals surface area contributed by atoms with Crippen LogP contribution in [0.1, 0.15) is 5.69 Å². The lowest BCUT2D eigenvalue weighted by Crippen LogP contribution is -2.04. The highest BCUT2D eigenvalue weighted by Gasteiger charge is 2.18. The monoisotopic (exact) mass is 238 g/mol. The van der Waals surface area contributed by atoms with Crippen LogP contribution >= 0.6 is 23.4 Å². The van der Waals surface area contributed by atoms with Gasteiger partial charge in [0.05, 0.1) is 11.9 Å². The predicted molar refractivity (Wildman–Crippen MR) is 58.6 cm³/mol. The van der Waals surface area contributed by atoms with E-state index in [9.17, 15) is 0 Å². The third-order valence-corrected chi connectivity index (χ3v) is 3.50. The van der Waals surface area contributed by atoms with Crippen molar-refractivity contribution in [2.45, 2.75) is 11.3 Å². The molecule has 15 heavy (non-hydrogen) atoms. The molecule has 0 saturated carbocycles. The summed E-state index contributed by atoms with van der Waals surface area (Å²) in [4.78, 5) is 9.23. The molecule has 0 spiro atoms. The molecule has 0 N–H and O–H groups in total. The fourth-order valence-electron chi connectivity index (χ4n) is 1.61. The quantitative estimate of drug-likeness (QED) is 0.713. The van der Waals surface area contributed by atoms with Gasteiger partial charge in [-0.2, -0.15) is 10.1 Å². The number of rotatable bonds is 1. The zero-order valence-electron chi connectivity index (χ0n) is 7.72. The molecule has 0 radical (unpaired) electrons. The predicted octanol–water partition coefficient (Wildman–Crippen LogP) is 1.96. The van der Waals surface area contributed by atoms with Gasteiger partial charge in [-0.1, -0.05) is 0 Å². The second kappa shape index (κ2) is 3.50. The number of hydrogen-bond acceptors (Lipinski definition) is 4. The Balaban J connectivity index is 2.13. The molecule has 0 aromatic carbocycles. The Morgan fingerprint density at radius 2 is 2.40 bits per heavy atom. The standard InChI is InChI=1S/C9H7ClN4S/c10-9-11-3-1-8(13-9)14-6-2-4-15-7(6)5-12-14/h1,3,5H,2,4H2. The van der Waals surface area contributed by atoms with Gasteiger partial charge >= 0.3 is 0 Å². The molecule has 6 heteroatoms. The maximum absolute atomic E-state index is 5.74. The summed E-state index contributed by atoms with van der Waals surface area (Å²) in [5.41, 5.74) is 1.22. The average Bonchev–Trinajstić information content (AvgIpc) is 2.77. The highest BCUT2D eigenvalue weighted by Crippen LogP contribution is 2.31. The van der Waals surface area contributed by atoms with E-state index in [2.05, 4.69) is 15.1 Å². The van der Waals surface area contributed by atoms with Crippen LogP contribution in [0.4, 0.5) is 0 Å². The van der Waals surface area contributed by atoms with E-state index in [0.717, 1.165) is 18.0 Å². The molecule has 3 heterocycles. The van der Waals surface area contributed by atoms with Gasteiger partial charge in [-0.15, -0.1) is 11.8 Å². The average molecular weight is 239 g/mol. The summed E-state index contributed by atoms with van der Waals surface area (Å²) in [6.45, 7) is 0. The molecule has 0 saturated heterocycles. The van der Waals surface area contributed by atoms with Crippen molar-refractivity contribution < 1.29 is 0 Å². The maximum atomic E-state index is 5.74. The number of halogens is 1. The molecular weight excluding hydrogens is 232 g/mol. The van der Waals surface area contributed by atoms with E-state index in [0.29, 0.717) is 0 Å². The number of thioether (sulfide) groups is 1. The van der Waals surface area contributed by atoms with E-state index in [4.69, 9.17) is 11.6 Å². The van der Waals surface area contributed by atoms with Gasteiger partial charge in [-0.3, -0.25) is 0 Å². The zero-order valence-corrected chi connectivity index (χ0v) is 9.29. The highest BCUT2D eigenvalue weighted by atomic mass is 35.5. The summed E-state index contributed by atoms with van der Waals surface area (Å²) in [6, 6.07) is 1.81. The molecule has 2 aromatic rings. The first-order chi connectivity index (χ1) is 7.34. The smallest absolute Gasteiger partial charge is 0.224 e. The zero-order chi connectivity index (χ0) is 10.3. The fraction of sp³-hybridized carbons (Fsp3) is 0.222. The fourth-order valence-corrected chi connectivity index (χ4v) is 2.74. The number of nitrogens with zero attached hydrogens (tertiary/aromatic N) is 4. The van der Waals surface area contributed by atoms with Gasteiger partial charge in [0.1, 0.15) is 0 Å². The second-order valence-electron chi connectivity index (χ2n) is 3.15. The summed E-state index contributed by atoms with van der Waals surface area (Å²) in [5, 5.41) is 4.55. The lowest BCUT2D eigenvalue weighted by atomic mass is 10.3. The molecule has 0 amide bonds. The Morgan fingerprint density at radius 3 is 3.27 bits per heavy atom. The first-order valence-electron chi connectivity index (χ1n) is 4.53. The summed E-state index contributed by atoms with van der Waals surface area (Å²) < 4.78 is 1.84. The minimum atomic E-state index is 0.252. The molecule has 1 aliphatic heterocycles. The van der Waals surface area contributed by atoms with Crippen molar-refractivity contribution in [3.63, 3.8) is 0 Å². The minimum Gasteiger partial charge on any atom is -0.226 e. The molecular formula is C9H7ClN4S. The molecule has 0 atom stereocenters. The van der Waals surface area contributed by atoms with Gasteiger partial charge in [0.15, 0.2) is 5.82 Å². The summed E-state index contributed by atoms with van der Waals surface area (Å²) in [6.07, 6.45) is 4.55. The largest absolute Gasteiger partial charge is 0.226 e. The van der Waals surface area contributed by atoms with Crippen LogP contribution in [-0.4, -0.2) is 25.5 Å². The first kappa shape index (κ1) is 9.18. The van der Waals surface area contributed by atoms with E-state index >= 15 is 0 Å². The Morgan fingerprint density at radius 1 is 1.47 bits per heavy atom. The normalized spacial score (nSPS) is 14.2. The Kier molecular flexibility index (Phi) is 2.14. The van der Waals surface area contributed by atoms with Gasteiger partial charge in [-0.25, -0.2) is 9.67 Å². The van der Waals surface area contributed by atoms with Crippen molar-refractivity contribution in [1.29, 1.82) is 0 Å². The van der Waals surface area contributed by atoms with Crippen molar-refractivity contribution in [1.82, 2.24) is 19.7 Å². The van der Waals surface area contributed by atoms with E-state index in [1.807, 2.05) is 28.7 Å². The van der Waals surface area contributed by atoms with Crippen LogP contribution in [0.2, 0.25) is 5.28 Å².